The molecule has 0 aromatic heterocycles. The second-order valence-electron chi connectivity index (χ2n) is 13.3. The second-order valence-corrected chi connectivity index (χ2v) is 13.3. The van der Waals surface area contributed by atoms with Gasteiger partial charge in [-0.1, -0.05) is 122 Å². The lowest BCUT2D eigenvalue weighted by Crippen LogP contribution is -2.60. The van der Waals surface area contributed by atoms with Crippen molar-refractivity contribution in [3.63, 3.8) is 0 Å². The van der Waals surface area contributed by atoms with Crippen molar-refractivity contribution < 1.29 is 44.9 Å². The number of carbonyl (C=O) groups is 1. The van der Waals surface area contributed by atoms with Crippen LogP contribution in [0.4, 0.5) is 0 Å². The van der Waals surface area contributed by atoms with E-state index in [4.69, 9.17) is 15.2 Å². The smallest absolute Gasteiger partial charge is 0.220 e. The molecule has 0 spiro atoms. The van der Waals surface area contributed by atoms with E-state index in [2.05, 4.69) is 12.2 Å². The molecule has 1 amide bonds. The third-order valence-corrected chi connectivity index (χ3v) is 9.15. The predicted molar refractivity (Wildman–Crippen MR) is 180 cm³/mol. The largest absolute Gasteiger partial charge is 0.394 e. The molecule has 1 saturated heterocycles. The number of carbonyl (C=O) groups excluding carboxylic acids is 1. The molecule has 46 heavy (non-hydrogen) atoms. The molecule has 274 valence electrons. The molecule has 9 N–H and O–H groups in total. The molecule has 2 unspecified atom stereocenters. The van der Waals surface area contributed by atoms with Gasteiger partial charge in [-0.3, -0.25) is 4.79 Å². The summed E-state index contributed by atoms with van der Waals surface area (Å²) in [5, 5.41) is 64.6. The summed E-state index contributed by atoms with van der Waals surface area (Å²) in [7, 11) is 0. The second kappa shape index (κ2) is 28.0. The molecule has 1 aliphatic heterocycles. The van der Waals surface area contributed by atoms with E-state index in [1.807, 2.05) is 0 Å². The number of nitrogens with two attached hydrogens (primary N) is 1. The summed E-state index contributed by atoms with van der Waals surface area (Å²) in [6.07, 6.45) is 13.6. The number of unbranched alkanes of at least 4 members (excludes halogenated alkanes) is 18. The molecule has 1 rings (SSSR count). The minimum absolute atomic E-state index is 0.269. The van der Waals surface area contributed by atoms with Crippen LogP contribution in [-0.2, 0) is 14.3 Å². The zero-order valence-electron chi connectivity index (χ0n) is 28.8. The Balaban J connectivity index is 2.51. The average molecular weight is 663 g/mol. The number of ether oxygens (including phenoxy) is 2. The maximum absolute atomic E-state index is 12.8. The molecule has 1 fully saturated rings. The number of amides is 1. The standard InChI is InChI=1S/C35H70N2O9/c1-2-3-4-5-6-7-8-9-10-13-16-19-22-28(39)31(41)27(26-45-35-34(44)33(43)32(42)29(25-38)46-35)37-30(40)23-20-17-14-11-12-15-18-21-24-36/h27-29,31-35,38-39,41-44H,2-26,36H2,1H3,(H,37,40)/t27?,28-,29?,31+,32+,33+,34-,35+/m1/s1. The van der Waals surface area contributed by atoms with Gasteiger partial charge in [0.25, 0.3) is 0 Å². The molecule has 1 heterocycles. The molecule has 1 aliphatic rings. The third kappa shape index (κ3) is 19.2. The first kappa shape index (κ1) is 43.1. The Morgan fingerprint density at radius 1 is 0.739 bits per heavy atom. The number of aliphatic hydroxyl groups is 6. The predicted octanol–water partition coefficient (Wildman–Crippen LogP) is 3.57. The van der Waals surface area contributed by atoms with Gasteiger partial charge in [-0.25, -0.2) is 0 Å². The molecule has 0 saturated carbocycles. The molecule has 0 aromatic carbocycles. The zero-order valence-corrected chi connectivity index (χ0v) is 28.8. The van der Waals surface area contributed by atoms with Crippen molar-refractivity contribution in [2.24, 2.45) is 5.73 Å². The Labute approximate surface area is 278 Å². The highest BCUT2D eigenvalue weighted by molar-refractivity contribution is 5.76. The Hall–Kier alpha value is -0.890. The van der Waals surface area contributed by atoms with Crippen LogP contribution in [0.3, 0.4) is 0 Å². The van der Waals surface area contributed by atoms with E-state index in [0.717, 1.165) is 70.8 Å². The van der Waals surface area contributed by atoms with Gasteiger partial charge < -0.3 is 51.2 Å². The molecular weight excluding hydrogens is 592 g/mol. The highest BCUT2D eigenvalue weighted by Crippen LogP contribution is 2.23. The summed E-state index contributed by atoms with van der Waals surface area (Å²) < 4.78 is 11.1. The van der Waals surface area contributed by atoms with E-state index < -0.39 is 55.6 Å². The van der Waals surface area contributed by atoms with Gasteiger partial charge in [0.15, 0.2) is 6.29 Å². The van der Waals surface area contributed by atoms with Crippen molar-refractivity contribution in [3.05, 3.63) is 0 Å². The highest BCUT2D eigenvalue weighted by atomic mass is 16.7. The van der Waals surface area contributed by atoms with Gasteiger partial charge in [0.1, 0.15) is 30.5 Å². The number of nitrogens with one attached hydrogen (secondary N) is 1. The molecule has 11 heteroatoms. The van der Waals surface area contributed by atoms with Gasteiger partial charge in [-0.15, -0.1) is 0 Å². The molecule has 0 radical (unpaired) electrons. The van der Waals surface area contributed by atoms with Crippen molar-refractivity contribution in [2.45, 2.75) is 197 Å². The van der Waals surface area contributed by atoms with Crippen molar-refractivity contribution in [1.82, 2.24) is 5.32 Å². The Kier molecular flexibility index (Phi) is 26.3. The van der Waals surface area contributed by atoms with Crippen molar-refractivity contribution >= 4 is 5.91 Å². The van der Waals surface area contributed by atoms with Crippen LogP contribution in [0.15, 0.2) is 0 Å². The SMILES string of the molecule is CCCCCCCCCCCCCC[C@@H](O)[C@@H](O)C(CO[C@H]1OC(CO)[C@H](O)[C@H](O)[C@H]1O)NC(=O)CCCCCCCCCCN. The van der Waals surface area contributed by atoms with Crippen LogP contribution >= 0.6 is 0 Å². The summed E-state index contributed by atoms with van der Waals surface area (Å²) in [5.74, 6) is -0.276. The lowest BCUT2D eigenvalue weighted by atomic mass is 9.98. The van der Waals surface area contributed by atoms with Crippen LogP contribution in [0.25, 0.3) is 0 Å². The topological polar surface area (TPSA) is 195 Å². The van der Waals surface area contributed by atoms with Crippen LogP contribution < -0.4 is 11.1 Å². The minimum atomic E-state index is -1.61. The van der Waals surface area contributed by atoms with E-state index in [1.54, 1.807) is 0 Å². The first-order valence-corrected chi connectivity index (χ1v) is 18.5. The first-order chi connectivity index (χ1) is 22.3. The van der Waals surface area contributed by atoms with E-state index >= 15 is 0 Å². The fourth-order valence-corrected chi connectivity index (χ4v) is 6.03. The van der Waals surface area contributed by atoms with Gasteiger partial charge >= 0.3 is 0 Å². The lowest BCUT2D eigenvalue weighted by molar-refractivity contribution is -0.303. The van der Waals surface area contributed by atoms with Crippen LogP contribution in [0.2, 0.25) is 0 Å². The highest BCUT2D eigenvalue weighted by Gasteiger charge is 2.44. The van der Waals surface area contributed by atoms with Crippen molar-refractivity contribution in [1.29, 1.82) is 0 Å². The van der Waals surface area contributed by atoms with Crippen LogP contribution in [0, 0.1) is 0 Å². The van der Waals surface area contributed by atoms with Gasteiger partial charge in [0, 0.05) is 6.42 Å². The number of rotatable bonds is 30. The van der Waals surface area contributed by atoms with Crippen LogP contribution in [0.5, 0.6) is 0 Å². The molecule has 0 aromatic rings. The lowest BCUT2D eigenvalue weighted by Gasteiger charge is -2.40. The average Bonchev–Trinajstić information content (AvgIpc) is 3.05. The third-order valence-electron chi connectivity index (χ3n) is 9.15. The van der Waals surface area contributed by atoms with Crippen molar-refractivity contribution in [2.75, 3.05) is 19.8 Å². The first-order valence-electron chi connectivity index (χ1n) is 18.5. The number of hydrogen-bond donors (Lipinski definition) is 8. The zero-order chi connectivity index (χ0) is 34.0. The van der Waals surface area contributed by atoms with E-state index in [-0.39, 0.29) is 18.9 Å². The molecule has 8 atom stereocenters. The van der Waals surface area contributed by atoms with Gasteiger partial charge in [0.05, 0.1) is 25.4 Å². The molecule has 0 aliphatic carbocycles. The summed E-state index contributed by atoms with van der Waals surface area (Å²) in [4.78, 5) is 12.8. The molecule has 11 nitrogen and oxygen atoms in total. The molecule has 0 bridgehead atoms. The Bertz CT molecular complexity index is 718. The van der Waals surface area contributed by atoms with E-state index in [9.17, 15) is 35.4 Å². The summed E-state index contributed by atoms with van der Waals surface area (Å²) >= 11 is 0. The van der Waals surface area contributed by atoms with Gasteiger partial charge in [-0.05, 0) is 25.8 Å². The van der Waals surface area contributed by atoms with E-state index in [1.165, 1.54) is 57.8 Å². The quantitative estimate of drug-likeness (QED) is 0.0527. The maximum Gasteiger partial charge on any atom is 0.220 e. The minimum Gasteiger partial charge on any atom is -0.394 e. The number of hydrogen-bond acceptors (Lipinski definition) is 10. The van der Waals surface area contributed by atoms with E-state index in [0.29, 0.717) is 12.8 Å². The maximum atomic E-state index is 12.8. The summed E-state index contributed by atoms with van der Waals surface area (Å²) in [6, 6.07) is -0.991. The normalized spacial score (nSPS) is 23.7. The summed E-state index contributed by atoms with van der Waals surface area (Å²) in [6.45, 7) is 2.05. The Morgan fingerprint density at radius 3 is 1.76 bits per heavy atom. The van der Waals surface area contributed by atoms with Gasteiger partial charge in [0.2, 0.25) is 5.91 Å². The fraction of sp³-hybridized carbons (Fsp3) is 0.971. The Morgan fingerprint density at radius 2 is 1.24 bits per heavy atom. The monoisotopic (exact) mass is 663 g/mol. The molecular formula is C35H70N2O9. The summed E-state index contributed by atoms with van der Waals surface area (Å²) in [5.41, 5.74) is 5.53. The van der Waals surface area contributed by atoms with Crippen molar-refractivity contribution in [3.8, 4) is 0 Å². The number of aliphatic hydroxyl groups excluding tert-OH is 6. The fourth-order valence-electron chi connectivity index (χ4n) is 6.03. The van der Waals surface area contributed by atoms with Gasteiger partial charge in [-0.2, -0.15) is 0 Å². The van der Waals surface area contributed by atoms with Crippen LogP contribution in [-0.4, -0.2) is 105 Å². The van der Waals surface area contributed by atoms with Crippen LogP contribution in [0.1, 0.15) is 148 Å².